The summed E-state index contributed by atoms with van der Waals surface area (Å²) in [7, 11) is 1.26. The van der Waals surface area contributed by atoms with Crippen LogP contribution < -0.4 is 5.43 Å². The van der Waals surface area contributed by atoms with Crippen molar-refractivity contribution in [2.45, 2.75) is 0 Å². The first-order valence-electron chi connectivity index (χ1n) is 2.97. The zero-order valence-corrected chi connectivity index (χ0v) is 7.04. The first kappa shape index (κ1) is 8.60. The number of hydrazone groups is 1. The zero-order valence-electron chi connectivity index (χ0n) is 6.22. The lowest BCUT2D eigenvalue weighted by Gasteiger charge is -1.93. The first-order chi connectivity index (χ1) is 5.83. The fourth-order valence-corrected chi connectivity index (χ4v) is 0.829. The summed E-state index contributed by atoms with van der Waals surface area (Å²) < 4.78 is 7.87. The number of methoxy groups -OCH3 is 1. The highest BCUT2D eigenvalue weighted by molar-refractivity contribution is 7.03. The largest absolute Gasteiger partial charge is 0.452 e. The average molecular weight is 186 g/mol. The maximum absolute atomic E-state index is 10.5. The lowest BCUT2D eigenvalue weighted by molar-refractivity contribution is 0.171. The number of amides is 1. The molecule has 0 aromatic carbocycles. The van der Waals surface area contributed by atoms with E-state index < -0.39 is 6.09 Å². The van der Waals surface area contributed by atoms with Gasteiger partial charge in [-0.1, -0.05) is 4.49 Å². The van der Waals surface area contributed by atoms with Gasteiger partial charge in [0.25, 0.3) is 0 Å². The van der Waals surface area contributed by atoms with E-state index in [0.717, 1.165) is 0 Å². The smallest absolute Gasteiger partial charge is 0.427 e. The van der Waals surface area contributed by atoms with Gasteiger partial charge in [-0.25, -0.2) is 10.2 Å². The SMILES string of the molecule is COC(=O)N/N=C/c1csnn1. The second-order valence-corrected chi connectivity index (χ2v) is 2.30. The lowest BCUT2D eigenvalue weighted by Crippen LogP contribution is -2.16. The van der Waals surface area contributed by atoms with E-state index >= 15 is 0 Å². The summed E-state index contributed by atoms with van der Waals surface area (Å²) in [5.41, 5.74) is 2.71. The Morgan fingerprint density at radius 3 is 3.33 bits per heavy atom. The van der Waals surface area contributed by atoms with Crippen molar-refractivity contribution in [3.63, 3.8) is 0 Å². The standard InChI is InChI=1S/C5H6N4O2S/c1-11-5(10)8-6-2-4-3-12-9-7-4/h2-3H,1H3,(H,8,10)/b6-2+. The van der Waals surface area contributed by atoms with Gasteiger partial charge in [-0.15, -0.1) is 5.10 Å². The maximum Gasteiger partial charge on any atom is 0.427 e. The molecular weight excluding hydrogens is 180 g/mol. The summed E-state index contributed by atoms with van der Waals surface area (Å²) in [6, 6.07) is 0. The van der Waals surface area contributed by atoms with Gasteiger partial charge in [0.05, 0.1) is 13.3 Å². The van der Waals surface area contributed by atoms with Crippen LogP contribution in [-0.4, -0.2) is 29.0 Å². The Hall–Kier alpha value is -1.50. The Labute approximate surface area is 72.4 Å². The van der Waals surface area contributed by atoms with Crippen LogP contribution in [0.2, 0.25) is 0 Å². The molecule has 0 aliphatic rings. The molecule has 0 aliphatic heterocycles. The van der Waals surface area contributed by atoms with Crippen molar-refractivity contribution in [2.24, 2.45) is 5.10 Å². The van der Waals surface area contributed by atoms with Crippen molar-refractivity contribution >= 4 is 23.8 Å². The number of nitrogens with zero attached hydrogens (tertiary/aromatic N) is 3. The third-order valence-electron chi connectivity index (χ3n) is 0.915. The van der Waals surface area contributed by atoms with Crippen molar-refractivity contribution in [3.05, 3.63) is 11.1 Å². The molecule has 7 heteroatoms. The number of ether oxygens (including phenoxy) is 1. The Balaban J connectivity index is 2.37. The molecule has 1 aromatic heterocycles. The van der Waals surface area contributed by atoms with Gasteiger partial charge in [-0.05, 0) is 11.5 Å². The Kier molecular flexibility index (Phi) is 3.15. The quantitative estimate of drug-likeness (QED) is 0.529. The molecule has 0 radical (unpaired) electrons. The van der Waals surface area contributed by atoms with Crippen LogP contribution >= 0.6 is 11.5 Å². The second kappa shape index (κ2) is 4.39. The van der Waals surface area contributed by atoms with Crippen LogP contribution in [-0.2, 0) is 4.74 Å². The van der Waals surface area contributed by atoms with Gasteiger partial charge < -0.3 is 4.74 Å². The van der Waals surface area contributed by atoms with E-state index in [1.807, 2.05) is 0 Å². The fourth-order valence-electron chi connectivity index (χ4n) is 0.425. The number of hydrogen-bond acceptors (Lipinski definition) is 6. The molecule has 1 heterocycles. The van der Waals surface area contributed by atoms with Gasteiger partial charge in [-0.3, -0.25) is 0 Å². The molecule has 1 N–H and O–H groups in total. The predicted octanol–water partition coefficient (Wildman–Crippen LogP) is 0.228. The zero-order chi connectivity index (χ0) is 8.81. The minimum atomic E-state index is -0.616. The second-order valence-electron chi connectivity index (χ2n) is 1.69. The summed E-state index contributed by atoms with van der Waals surface area (Å²) in [6.07, 6.45) is 0.759. The molecule has 1 rings (SSSR count). The Morgan fingerprint density at radius 2 is 2.75 bits per heavy atom. The molecule has 1 aromatic rings. The van der Waals surface area contributed by atoms with Gasteiger partial charge in [0.1, 0.15) is 5.69 Å². The fraction of sp³-hybridized carbons (Fsp3) is 0.200. The molecule has 64 valence electrons. The topological polar surface area (TPSA) is 76.5 Å². The van der Waals surface area contributed by atoms with Gasteiger partial charge >= 0.3 is 6.09 Å². The number of carbonyl (C=O) groups excluding carboxylic acids is 1. The van der Waals surface area contributed by atoms with Crippen molar-refractivity contribution in [1.82, 2.24) is 15.0 Å². The first-order valence-corrected chi connectivity index (χ1v) is 3.80. The van der Waals surface area contributed by atoms with Crippen LogP contribution in [0.4, 0.5) is 4.79 Å². The molecule has 1 amide bonds. The Bertz CT molecular complexity index is 271. The van der Waals surface area contributed by atoms with Crippen molar-refractivity contribution in [1.29, 1.82) is 0 Å². The van der Waals surface area contributed by atoms with Crippen LogP contribution in [0.5, 0.6) is 0 Å². The molecule has 0 bridgehead atoms. The average Bonchev–Trinajstić information content (AvgIpc) is 2.57. The summed E-state index contributed by atoms with van der Waals surface area (Å²) in [6.45, 7) is 0. The number of nitrogens with one attached hydrogen (secondary N) is 1. The van der Waals surface area contributed by atoms with Gasteiger partial charge in [-0.2, -0.15) is 5.10 Å². The van der Waals surface area contributed by atoms with E-state index in [4.69, 9.17) is 0 Å². The van der Waals surface area contributed by atoms with Gasteiger partial charge in [0, 0.05) is 5.38 Å². The number of carbonyl (C=O) groups is 1. The molecule has 0 aliphatic carbocycles. The van der Waals surface area contributed by atoms with Gasteiger partial charge in [0.2, 0.25) is 0 Å². The highest BCUT2D eigenvalue weighted by atomic mass is 32.1. The molecule has 0 saturated heterocycles. The van der Waals surface area contributed by atoms with Crippen LogP contribution in [0.15, 0.2) is 10.5 Å². The van der Waals surface area contributed by atoms with E-state index in [1.165, 1.54) is 24.9 Å². The Morgan fingerprint density at radius 1 is 1.92 bits per heavy atom. The maximum atomic E-state index is 10.5. The van der Waals surface area contributed by atoms with Gasteiger partial charge in [0.15, 0.2) is 0 Å². The van der Waals surface area contributed by atoms with Crippen LogP contribution in [0.1, 0.15) is 5.69 Å². The number of aromatic nitrogens is 2. The predicted molar refractivity (Wildman–Crippen MR) is 43.0 cm³/mol. The molecule has 0 saturated carbocycles. The van der Waals surface area contributed by atoms with E-state index in [9.17, 15) is 4.79 Å². The third kappa shape index (κ3) is 2.62. The number of hydrogen-bond donors (Lipinski definition) is 1. The normalized spacial score (nSPS) is 10.1. The van der Waals surface area contributed by atoms with Crippen molar-refractivity contribution in [2.75, 3.05) is 7.11 Å². The highest BCUT2D eigenvalue weighted by Crippen LogP contribution is 1.91. The van der Waals surface area contributed by atoms with Crippen molar-refractivity contribution < 1.29 is 9.53 Å². The minimum absolute atomic E-state index is 0.594. The van der Waals surface area contributed by atoms with E-state index in [0.29, 0.717) is 5.69 Å². The van der Waals surface area contributed by atoms with Crippen LogP contribution in [0.25, 0.3) is 0 Å². The molecule has 0 fully saturated rings. The van der Waals surface area contributed by atoms with E-state index in [1.54, 1.807) is 5.38 Å². The van der Waals surface area contributed by atoms with Crippen LogP contribution in [0, 0.1) is 0 Å². The molecule has 0 spiro atoms. The van der Waals surface area contributed by atoms with Crippen LogP contribution in [0.3, 0.4) is 0 Å². The third-order valence-corrected chi connectivity index (χ3v) is 1.44. The number of rotatable bonds is 2. The molecule has 6 nitrogen and oxygen atoms in total. The summed E-state index contributed by atoms with van der Waals surface area (Å²) >= 11 is 1.21. The van der Waals surface area contributed by atoms with E-state index in [-0.39, 0.29) is 0 Å². The molecule has 12 heavy (non-hydrogen) atoms. The lowest BCUT2D eigenvalue weighted by atomic mass is 10.6. The monoisotopic (exact) mass is 186 g/mol. The molecular formula is C5H6N4O2S. The summed E-state index contributed by atoms with van der Waals surface area (Å²) in [5.74, 6) is 0. The highest BCUT2D eigenvalue weighted by Gasteiger charge is 1.93. The van der Waals surface area contributed by atoms with E-state index in [2.05, 4.69) is 24.9 Å². The van der Waals surface area contributed by atoms with Crippen molar-refractivity contribution in [3.8, 4) is 0 Å². The molecule has 0 atom stereocenters. The minimum Gasteiger partial charge on any atom is -0.452 e. The molecule has 0 unspecified atom stereocenters. The summed E-state index contributed by atoms with van der Waals surface area (Å²) in [5, 5.41) is 8.90. The summed E-state index contributed by atoms with van der Waals surface area (Å²) in [4.78, 5) is 10.5.